The van der Waals surface area contributed by atoms with Crippen molar-refractivity contribution in [1.82, 2.24) is 62.6 Å². The van der Waals surface area contributed by atoms with Crippen LogP contribution in [0.25, 0.3) is 0 Å². The molecule has 0 radical (unpaired) electrons. The summed E-state index contributed by atoms with van der Waals surface area (Å²) in [5, 5.41) is 32.3. The monoisotopic (exact) mass is 1310 g/mol. The molecule has 0 saturated heterocycles. The summed E-state index contributed by atoms with van der Waals surface area (Å²) >= 11 is 0. The number of benzene rings is 2. The van der Waals surface area contributed by atoms with Crippen LogP contribution in [-0.2, 0) is 84.6 Å². The first-order chi connectivity index (χ1) is 43.1. The second-order valence-electron chi connectivity index (χ2n) is 25.3. The molecule has 12 N–H and O–H groups in total. The number of nitrogens with one attached hydrogen (secondary N) is 9. The van der Waals surface area contributed by atoms with Crippen molar-refractivity contribution in [3.05, 3.63) is 71.8 Å². The molecule has 30 nitrogen and oxygen atoms in total. The van der Waals surface area contributed by atoms with E-state index in [2.05, 4.69) is 47.9 Å². The van der Waals surface area contributed by atoms with Crippen LogP contribution in [0.15, 0.2) is 60.7 Å². The Kier molecular flexibility index (Phi) is 32.1. The van der Waals surface area contributed by atoms with Crippen LogP contribution in [0.5, 0.6) is 0 Å². The van der Waals surface area contributed by atoms with Gasteiger partial charge in [0.1, 0.15) is 66.5 Å². The Morgan fingerprint density at radius 1 is 0.505 bits per heavy atom. The largest absolute Gasteiger partial charge is 0.481 e. The summed E-state index contributed by atoms with van der Waals surface area (Å²) in [5.41, 5.74) is 4.75. The zero-order valence-electron chi connectivity index (χ0n) is 56.2. The van der Waals surface area contributed by atoms with Gasteiger partial charge in [0, 0.05) is 34.0 Å². The van der Waals surface area contributed by atoms with E-state index in [9.17, 15) is 72.2 Å². The van der Waals surface area contributed by atoms with E-state index in [-0.39, 0.29) is 31.8 Å². The molecule has 2 aromatic rings. The Balaban J connectivity index is 2.31. The van der Waals surface area contributed by atoms with Crippen LogP contribution in [0.1, 0.15) is 114 Å². The third-order valence-electron chi connectivity index (χ3n) is 14.2. The highest BCUT2D eigenvalue weighted by Gasteiger charge is 2.38. The average molecular weight is 1310 g/mol. The summed E-state index contributed by atoms with van der Waals surface area (Å²) in [6.07, 6.45) is -1.96. The molecule has 516 valence electrons. The second kappa shape index (κ2) is 37.3. The molecule has 13 amide bonds. The van der Waals surface area contributed by atoms with Crippen molar-refractivity contribution in [2.75, 3.05) is 47.4 Å². The molecular formula is C63H97N13O17. The Morgan fingerprint density at radius 3 is 1.56 bits per heavy atom. The van der Waals surface area contributed by atoms with E-state index < -0.39 is 181 Å². The van der Waals surface area contributed by atoms with Gasteiger partial charge < -0.3 is 82.9 Å². The Hall–Kier alpha value is -9.22. The van der Waals surface area contributed by atoms with E-state index in [1.54, 1.807) is 130 Å². The Morgan fingerprint density at radius 2 is 1.04 bits per heavy atom. The first-order valence-corrected chi connectivity index (χ1v) is 30.5. The van der Waals surface area contributed by atoms with Gasteiger partial charge in [-0.1, -0.05) is 88.4 Å². The number of aliphatic carboxylic acids is 1. The molecule has 0 bridgehead atoms. The quantitative estimate of drug-likeness (QED) is 0.0401. The van der Waals surface area contributed by atoms with Gasteiger partial charge in [0.25, 0.3) is 0 Å². The zero-order chi connectivity index (χ0) is 70.8. The van der Waals surface area contributed by atoms with Crippen LogP contribution in [0, 0.1) is 11.8 Å². The number of carboxylic acids is 1. The fourth-order valence-corrected chi connectivity index (χ4v) is 8.86. The standard InChI is InChI=1S/C63H97N13O17/c1-35(2)27-45(75(15)49(79)33-66-56(86)46(29-41-25-21-18-22-26-41)76(16)59(89)38(6)68-48(78)32-67-61(91)93-63(11,12)13)57(87)69-37(5)52(82)73-51(36(3)4)58(88)70-42(28-40-23-19-17-20-24-40)55(85)71-43(30-50(80)81)60(90)74(14)39(7)53(83)72-44(34-92-62(8,9)10)54(84)65-31-47(64)77/h17-26,35-39,42-46,51H,27-34H2,1-16H3,(H2,64,77)(H,65,84)(H,66,86)(H,67,91)(H,68,78)(H,69,87)(H,70,88)(H,71,85)(H,72,83)(H,73,82)(H,80,81)/t37-,38-,39-,42?,43-,44-,45-,46-,51-/m0/s1. The maximum atomic E-state index is 14.3. The van der Waals surface area contributed by atoms with Crippen molar-refractivity contribution in [3.63, 3.8) is 0 Å². The van der Waals surface area contributed by atoms with E-state index in [1.807, 2.05) is 0 Å². The first kappa shape index (κ1) is 79.9. The molecule has 2 aromatic carbocycles. The molecule has 93 heavy (non-hydrogen) atoms. The summed E-state index contributed by atoms with van der Waals surface area (Å²) in [6, 6.07) is 4.58. The van der Waals surface area contributed by atoms with Crippen molar-refractivity contribution < 1.29 is 81.7 Å². The summed E-state index contributed by atoms with van der Waals surface area (Å²) in [7, 11) is 3.86. The van der Waals surface area contributed by atoms with Crippen LogP contribution in [-0.4, -0.2) is 216 Å². The smallest absolute Gasteiger partial charge is 0.408 e. The minimum absolute atomic E-state index is 0.00788. The van der Waals surface area contributed by atoms with Crippen LogP contribution >= 0.6 is 0 Å². The van der Waals surface area contributed by atoms with E-state index in [1.165, 1.54) is 41.9 Å². The molecular weight excluding hydrogens is 1210 g/mol. The van der Waals surface area contributed by atoms with Gasteiger partial charge in [0.15, 0.2) is 0 Å². The van der Waals surface area contributed by atoms with Crippen molar-refractivity contribution in [1.29, 1.82) is 0 Å². The molecule has 0 aromatic heterocycles. The van der Waals surface area contributed by atoms with Gasteiger partial charge in [-0.05, 0) is 91.7 Å². The van der Waals surface area contributed by atoms with Crippen molar-refractivity contribution in [3.8, 4) is 0 Å². The molecule has 0 heterocycles. The number of carbonyl (C=O) groups is 14. The van der Waals surface area contributed by atoms with Gasteiger partial charge in [-0.25, -0.2) is 4.79 Å². The third-order valence-corrected chi connectivity index (χ3v) is 14.2. The maximum absolute atomic E-state index is 14.3. The van der Waals surface area contributed by atoms with Crippen molar-refractivity contribution in [2.45, 2.75) is 181 Å². The zero-order valence-corrected chi connectivity index (χ0v) is 56.2. The SMILES string of the molecule is CC(C)C[C@@H](C(=O)N[C@@H](C)C(=O)N[C@H](C(=O)NC(Cc1ccccc1)C(=O)N[C@@H](CC(=O)O)C(=O)N(C)[C@@H](C)C(=O)N[C@@H](COC(C)(C)C)C(=O)NCC(N)=O)C(C)C)N(C)C(=O)CNC(=O)[C@H](Cc1ccccc1)N(C)C(=O)[C@H](C)NC(=O)CNC(=O)OC(C)(C)C. The number of hydrogen-bond acceptors (Lipinski definition) is 16. The Bertz CT molecular complexity index is 2940. The van der Waals surface area contributed by atoms with Crippen LogP contribution in [0.3, 0.4) is 0 Å². The van der Waals surface area contributed by atoms with E-state index in [0.717, 1.165) is 14.7 Å². The fourth-order valence-electron chi connectivity index (χ4n) is 8.86. The van der Waals surface area contributed by atoms with Gasteiger partial charge >= 0.3 is 12.1 Å². The number of rotatable bonds is 35. The van der Waals surface area contributed by atoms with Crippen LogP contribution < -0.4 is 53.6 Å². The molecule has 2 rings (SSSR count). The molecule has 0 fully saturated rings. The molecule has 0 spiro atoms. The molecule has 0 aliphatic rings. The summed E-state index contributed by atoms with van der Waals surface area (Å²) < 4.78 is 10.8. The summed E-state index contributed by atoms with van der Waals surface area (Å²) in [5.74, 6) is -12.4. The molecule has 9 atom stereocenters. The number of amides is 13. The van der Waals surface area contributed by atoms with Gasteiger partial charge in [-0.2, -0.15) is 0 Å². The van der Waals surface area contributed by atoms with E-state index in [4.69, 9.17) is 15.2 Å². The molecule has 1 unspecified atom stereocenters. The van der Waals surface area contributed by atoms with E-state index >= 15 is 0 Å². The maximum Gasteiger partial charge on any atom is 0.408 e. The number of alkyl carbamates (subject to hydrolysis) is 1. The van der Waals surface area contributed by atoms with Gasteiger partial charge in [-0.3, -0.25) is 62.3 Å². The highest BCUT2D eigenvalue weighted by atomic mass is 16.6. The highest BCUT2D eigenvalue weighted by molar-refractivity contribution is 5.99. The minimum atomic E-state index is -1.83. The van der Waals surface area contributed by atoms with Gasteiger partial charge in [-0.15, -0.1) is 0 Å². The van der Waals surface area contributed by atoms with E-state index in [0.29, 0.717) is 11.1 Å². The van der Waals surface area contributed by atoms with Crippen molar-refractivity contribution >= 4 is 82.9 Å². The lowest BCUT2D eigenvalue weighted by Gasteiger charge is -2.32. The lowest BCUT2D eigenvalue weighted by atomic mass is 10.00. The summed E-state index contributed by atoms with van der Waals surface area (Å²) in [4.78, 5) is 191. The topological polar surface area (TPSA) is 422 Å². The second-order valence-corrected chi connectivity index (χ2v) is 25.3. The fraction of sp³-hybridized carbons (Fsp3) is 0.587. The molecule has 30 heteroatoms. The number of nitrogens with two attached hydrogens (primary N) is 1. The van der Waals surface area contributed by atoms with Crippen LogP contribution in [0.2, 0.25) is 0 Å². The number of ether oxygens (including phenoxy) is 2. The Labute approximate surface area is 543 Å². The predicted molar refractivity (Wildman–Crippen MR) is 340 cm³/mol. The van der Waals surface area contributed by atoms with Crippen molar-refractivity contribution in [2.24, 2.45) is 17.6 Å². The number of carbonyl (C=O) groups excluding carboxylic acids is 13. The lowest BCUT2D eigenvalue weighted by molar-refractivity contribution is -0.146. The number of hydrogen-bond donors (Lipinski definition) is 11. The minimum Gasteiger partial charge on any atom is -0.481 e. The predicted octanol–water partition coefficient (Wildman–Crippen LogP) is -0.844. The number of primary amides is 1. The third kappa shape index (κ3) is 28.9. The number of carboxylic acid groups (broad SMARTS) is 1. The lowest BCUT2D eigenvalue weighted by Crippen LogP contribution is -2.61. The molecule has 0 aliphatic heterocycles. The number of likely N-dealkylation sites (N-methyl/N-ethyl adjacent to an activating group) is 3. The molecule has 0 saturated carbocycles. The highest BCUT2D eigenvalue weighted by Crippen LogP contribution is 2.16. The number of nitrogens with zero attached hydrogens (tertiary/aromatic N) is 3. The average Bonchev–Trinajstić information content (AvgIpc) is 1.17. The molecule has 0 aliphatic carbocycles. The van der Waals surface area contributed by atoms with Gasteiger partial charge in [0.2, 0.25) is 70.9 Å². The normalized spacial score (nSPS) is 14.3. The van der Waals surface area contributed by atoms with Crippen LogP contribution in [0.4, 0.5) is 4.79 Å². The van der Waals surface area contributed by atoms with Gasteiger partial charge in [0.05, 0.1) is 31.7 Å². The first-order valence-electron chi connectivity index (χ1n) is 30.5. The summed E-state index contributed by atoms with van der Waals surface area (Å²) in [6.45, 7) is 18.8.